The molecule has 3 N–H and O–H groups in total. The van der Waals surface area contributed by atoms with Crippen LogP contribution in [0.15, 0.2) is 60.8 Å². The number of nitrogens with one attached hydrogen (secondary N) is 3. The SMILES string of the molecule is CCCN(Cc1ccc(C(=O)Nc2cccc(-c3cccc(NC(=O)c4cc(C)c5c(n4)CNCC5)c3Cl)c2C)nc1)C(=O)OC(C)(C)C. The standard InChI is InChI=1S/C38H43ClN6O4/c1-7-18-45(37(48)49-38(4,5)6)22-25-14-15-31(41-20-25)35(46)43-29-12-8-10-27(24(29)3)28-11-9-13-30(34(28)39)44-36(47)32-19-23(2)26-16-17-40-21-33(26)42-32/h8-15,19-20,40H,7,16-18,21-22H2,1-6H3,(H,43,46)(H,44,47). The molecular formula is C38H43ClN6O4. The van der Waals surface area contributed by atoms with Crippen molar-refractivity contribution in [1.82, 2.24) is 20.2 Å². The number of aromatic nitrogens is 2. The van der Waals surface area contributed by atoms with E-state index < -0.39 is 5.60 Å². The molecule has 3 heterocycles. The van der Waals surface area contributed by atoms with Gasteiger partial charge in [-0.25, -0.2) is 9.78 Å². The lowest BCUT2D eigenvalue weighted by Crippen LogP contribution is -2.36. The zero-order chi connectivity index (χ0) is 35.3. The molecule has 11 heteroatoms. The Balaban J connectivity index is 1.29. The Kier molecular flexibility index (Phi) is 11.0. The van der Waals surface area contributed by atoms with Crippen LogP contribution in [0.2, 0.25) is 5.02 Å². The Bertz CT molecular complexity index is 1870. The predicted molar refractivity (Wildman–Crippen MR) is 193 cm³/mol. The number of aryl methyl sites for hydroxylation is 1. The molecule has 0 radical (unpaired) electrons. The first-order valence-corrected chi connectivity index (χ1v) is 16.9. The number of pyridine rings is 2. The molecule has 1 aliphatic rings. The van der Waals surface area contributed by atoms with Crippen LogP contribution in [0.1, 0.15) is 83.0 Å². The number of halogens is 1. The maximum atomic E-state index is 13.3. The molecule has 10 nitrogen and oxygen atoms in total. The van der Waals surface area contributed by atoms with E-state index in [2.05, 4.69) is 25.9 Å². The molecular weight excluding hydrogens is 640 g/mol. The van der Waals surface area contributed by atoms with Gasteiger partial charge in [0.1, 0.15) is 17.0 Å². The van der Waals surface area contributed by atoms with Gasteiger partial charge in [0.05, 0.1) is 22.9 Å². The highest BCUT2D eigenvalue weighted by molar-refractivity contribution is 6.36. The van der Waals surface area contributed by atoms with E-state index in [0.717, 1.165) is 47.3 Å². The molecule has 0 saturated carbocycles. The van der Waals surface area contributed by atoms with Crippen molar-refractivity contribution in [2.45, 2.75) is 73.1 Å². The predicted octanol–water partition coefficient (Wildman–Crippen LogP) is 7.71. The summed E-state index contributed by atoms with van der Waals surface area (Å²) in [6.07, 6.45) is 2.88. The van der Waals surface area contributed by atoms with Crippen LogP contribution >= 0.6 is 11.6 Å². The number of anilines is 2. The summed E-state index contributed by atoms with van der Waals surface area (Å²) in [6, 6.07) is 16.3. The van der Waals surface area contributed by atoms with Crippen molar-refractivity contribution in [2.24, 2.45) is 0 Å². The Morgan fingerprint density at radius 2 is 1.65 bits per heavy atom. The summed E-state index contributed by atoms with van der Waals surface area (Å²) in [6.45, 7) is 13.8. The molecule has 2 aromatic heterocycles. The first kappa shape index (κ1) is 35.5. The maximum absolute atomic E-state index is 13.3. The summed E-state index contributed by atoms with van der Waals surface area (Å²) in [4.78, 5) is 49.9. The minimum atomic E-state index is -0.597. The third-order valence-corrected chi connectivity index (χ3v) is 8.61. The van der Waals surface area contributed by atoms with E-state index in [0.29, 0.717) is 47.3 Å². The summed E-state index contributed by atoms with van der Waals surface area (Å²) < 4.78 is 5.55. The summed E-state index contributed by atoms with van der Waals surface area (Å²) in [5.41, 5.74) is 7.26. The van der Waals surface area contributed by atoms with Crippen molar-refractivity contribution in [1.29, 1.82) is 0 Å². The summed E-state index contributed by atoms with van der Waals surface area (Å²) in [5, 5.41) is 9.59. The molecule has 256 valence electrons. The molecule has 0 atom stereocenters. The highest BCUT2D eigenvalue weighted by Gasteiger charge is 2.23. The minimum Gasteiger partial charge on any atom is -0.444 e. The average molecular weight is 683 g/mol. The quantitative estimate of drug-likeness (QED) is 0.165. The summed E-state index contributed by atoms with van der Waals surface area (Å²) >= 11 is 6.89. The first-order chi connectivity index (χ1) is 23.3. The Hall–Kier alpha value is -4.80. The third kappa shape index (κ3) is 8.63. The normalized spacial score (nSPS) is 12.6. The molecule has 0 spiro atoms. The molecule has 0 aliphatic carbocycles. The van der Waals surface area contributed by atoms with E-state index in [-0.39, 0.29) is 23.6 Å². The van der Waals surface area contributed by atoms with Crippen LogP contribution in [0.5, 0.6) is 0 Å². The monoisotopic (exact) mass is 682 g/mol. The third-order valence-electron chi connectivity index (χ3n) is 8.20. The largest absolute Gasteiger partial charge is 0.444 e. The van der Waals surface area contributed by atoms with E-state index in [4.69, 9.17) is 16.3 Å². The van der Waals surface area contributed by atoms with Gasteiger partial charge in [0.15, 0.2) is 0 Å². The van der Waals surface area contributed by atoms with Crippen LogP contribution in [0.4, 0.5) is 16.2 Å². The number of fused-ring (bicyclic) bond motifs is 1. The molecule has 49 heavy (non-hydrogen) atoms. The topological polar surface area (TPSA) is 126 Å². The van der Waals surface area contributed by atoms with Crippen LogP contribution in [-0.4, -0.2) is 51.5 Å². The van der Waals surface area contributed by atoms with Gasteiger partial charge in [0.2, 0.25) is 0 Å². The lowest BCUT2D eigenvalue weighted by Gasteiger charge is -2.27. The van der Waals surface area contributed by atoms with Gasteiger partial charge in [-0.05, 0) is 106 Å². The summed E-state index contributed by atoms with van der Waals surface area (Å²) in [5.74, 6) is -0.714. The van der Waals surface area contributed by atoms with E-state index >= 15 is 0 Å². The van der Waals surface area contributed by atoms with E-state index in [1.807, 2.05) is 77.9 Å². The Morgan fingerprint density at radius 1 is 0.959 bits per heavy atom. The van der Waals surface area contributed by atoms with E-state index in [1.54, 1.807) is 29.3 Å². The van der Waals surface area contributed by atoms with Crippen molar-refractivity contribution in [3.05, 3.63) is 105 Å². The molecule has 0 bridgehead atoms. The van der Waals surface area contributed by atoms with Crippen LogP contribution in [0, 0.1) is 13.8 Å². The van der Waals surface area contributed by atoms with Crippen molar-refractivity contribution in [3.63, 3.8) is 0 Å². The highest BCUT2D eigenvalue weighted by Crippen LogP contribution is 2.37. The van der Waals surface area contributed by atoms with Crippen molar-refractivity contribution < 1.29 is 19.1 Å². The molecule has 2 aromatic carbocycles. The second kappa shape index (κ2) is 15.2. The number of benzene rings is 2. The van der Waals surface area contributed by atoms with Crippen molar-refractivity contribution in [2.75, 3.05) is 23.7 Å². The molecule has 0 fully saturated rings. The van der Waals surface area contributed by atoms with Gasteiger partial charge in [0, 0.05) is 30.5 Å². The van der Waals surface area contributed by atoms with Gasteiger partial charge in [-0.2, -0.15) is 0 Å². The fourth-order valence-corrected chi connectivity index (χ4v) is 6.04. The maximum Gasteiger partial charge on any atom is 0.410 e. The van der Waals surface area contributed by atoms with Gasteiger partial charge in [-0.15, -0.1) is 0 Å². The number of carbonyl (C=O) groups is 3. The fourth-order valence-electron chi connectivity index (χ4n) is 5.77. The van der Waals surface area contributed by atoms with Crippen LogP contribution in [-0.2, 0) is 24.2 Å². The number of nitrogens with zero attached hydrogens (tertiary/aromatic N) is 3. The molecule has 3 amide bonds. The lowest BCUT2D eigenvalue weighted by atomic mass is 9.98. The minimum absolute atomic E-state index is 0.234. The number of hydrogen-bond donors (Lipinski definition) is 3. The molecule has 5 rings (SSSR count). The van der Waals surface area contributed by atoms with Gasteiger partial charge in [0.25, 0.3) is 11.8 Å². The smallest absolute Gasteiger partial charge is 0.410 e. The molecule has 1 aliphatic heterocycles. The number of hydrogen-bond acceptors (Lipinski definition) is 7. The van der Waals surface area contributed by atoms with Gasteiger partial charge in [-0.3, -0.25) is 14.6 Å². The van der Waals surface area contributed by atoms with Crippen molar-refractivity contribution >= 4 is 40.9 Å². The zero-order valence-electron chi connectivity index (χ0n) is 28.9. The zero-order valence-corrected chi connectivity index (χ0v) is 29.6. The number of carbonyl (C=O) groups excluding carboxylic acids is 3. The van der Waals surface area contributed by atoms with Crippen molar-refractivity contribution in [3.8, 4) is 11.1 Å². The number of ether oxygens (including phenoxy) is 1. The van der Waals surface area contributed by atoms with Crippen LogP contribution in [0.25, 0.3) is 11.1 Å². The second-order valence-electron chi connectivity index (χ2n) is 13.2. The van der Waals surface area contributed by atoms with Gasteiger partial charge in [-0.1, -0.05) is 48.9 Å². The van der Waals surface area contributed by atoms with Crippen LogP contribution in [0.3, 0.4) is 0 Å². The van der Waals surface area contributed by atoms with E-state index in [9.17, 15) is 14.4 Å². The lowest BCUT2D eigenvalue weighted by molar-refractivity contribution is 0.0233. The fraction of sp³-hybridized carbons (Fsp3) is 0.342. The van der Waals surface area contributed by atoms with Gasteiger partial charge >= 0.3 is 6.09 Å². The number of amides is 3. The molecule has 0 saturated heterocycles. The Labute approximate surface area is 292 Å². The van der Waals surface area contributed by atoms with Crippen LogP contribution < -0.4 is 16.0 Å². The molecule has 4 aromatic rings. The molecule has 0 unspecified atom stereocenters. The van der Waals surface area contributed by atoms with Gasteiger partial charge < -0.3 is 25.6 Å². The highest BCUT2D eigenvalue weighted by atomic mass is 35.5. The average Bonchev–Trinajstić information content (AvgIpc) is 3.06. The first-order valence-electron chi connectivity index (χ1n) is 16.5. The van der Waals surface area contributed by atoms with E-state index in [1.165, 1.54) is 5.56 Å². The second-order valence-corrected chi connectivity index (χ2v) is 13.6. The Morgan fingerprint density at radius 3 is 2.35 bits per heavy atom. The number of rotatable bonds is 9. The summed E-state index contributed by atoms with van der Waals surface area (Å²) in [7, 11) is 0.